The molecule has 0 saturated heterocycles. The lowest BCUT2D eigenvalue weighted by Gasteiger charge is -2.28. The van der Waals surface area contributed by atoms with Crippen LogP contribution in [0.25, 0.3) is 0 Å². The second-order valence-electron chi connectivity index (χ2n) is 4.56. The minimum Gasteiger partial charge on any atom is -0.394 e. The van der Waals surface area contributed by atoms with Gasteiger partial charge in [0, 0.05) is 6.07 Å². The van der Waals surface area contributed by atoms with Crippen LogP contribution in [-0.2, 0) is 0 Å². The highest BCUT2D eigenvalue weighted by atomic mass is 19.1. The first-order chi connectivity index (χ1) is 8.60. The van der Waals surface area contributed by atoms with E-state index in [1.165, 1.54) is 0 Å². The summed E-state index contributed by atoms with van der Waals surface area (Å²) < 4.78 is 26.8. The fourth-order valence-electron chi connectivity index (χ4n) is 2.28. The quantitative estimate of drug-likeness (QED) is 0.484. The summed E-state index contributed by atoms with van der Waals surface area (Å²) in [6, 6.07) is 0.713. The van der Waals surface area contributed by atoms with Crippen LogP contribution in [0.1, 0.15) is 25.7 Å². The molecule has 0 atom stereocenters. The van der Waals surface area contributed by atoms with Crippen molar-refractivity contribution in [3.05, 3.63) is 17.7 Å². The molecular formula is C11H16F2N4O. The summed E-state index contributed by atoms with van der Waals surface area (Å²) in [7, 11) is 0. The summed E-state index contributed by atoms with van der Waals surface area (Å²) in [6.07, 6.45) is 3.37. The Labute approximate surface area is 103 Å². The van der Waals surface area contributed by atoms with E-state index in [1.54, 1.807) is 0 Å². The van der Waals surface area contributed by atoms with E-state index >= 15 is 0 Å². The number of hydrogen-bond acceptors (Lipinski definition) is 5. The molecule has 0 radical (unpaired) electrons. The third-order valence-electron chi connectivity index (χ3n) is 3.31. The summed E-state index contributed by atoms with van der Waals surface area (Å²) in [4.78, 5) is 3.74. The SMILES string of the molecule is NNc1nc(NC2(CO)CCCC2)c(F)cc1F. The Morgan fingerprint density at radius 1 is 1.28 bits per heavy atom. The lowest BCUT2D eigenvalue weighted by atomic mass is 9.99. The number of rotatable bonds is 4. The molecule has 0 unspecified atom stereocenters. The van der Waals surface area contributed by atoms with Crippen LogP contribution < -0.4 is 16.6 Å². The maximum Gasteiger partial charge on any atom is 0.178 e. The highest BCUT2D eigenvalue weighted by molar-refractivity contribution is 5.48. The van der Waals surface area contributed by atoms with Crippen LogP contribution >= 0.6 is 0 Å². The van der Waals surface area contributed by atoms with Gasteiger partial charge in [0.1, 0.15) is 0 Å². The number of aliphatic hydroxyl groups excluding tert-OH is 1. The normalized spacial score (nSPS) is 17.8. The molecule has 1 saturated carbocycles. The van der Waals surface area contributed by atoms with Crippen molar-refractivity contribution in [3.63, 3.8) is 0 Å². The molecule has 5 N–H and O–H groups in total. The molecule has 1 aliphatic rings. The first-order valence-corrected chi connectivity index (χ1v) is 5.82. The molecule has 1 heterocycles. The number of nitrogens with one attached hydrogen (secondary N) is 2. The maximum atomic E-state index is 13.6. The van der Waals surface area contributed by atoms with E-state index in [0.29, 0.717) is 6.07 Å². The van der Waals surface area contributed by atoms with E-state index in [-0.39, 0.29) is 18.2 Å². The van der Waals surface area contributed by atoms with Gasteiger partial charge in [0.15, 0.2) is 23.3 Å². The molecule has 0 aliphatic heterocycles. The maximum absolute atomic E-state index is 13.6. The van der Waals surface area contributed by atoms with Crippen molar-refractivity contribution < 1.29 is 13.9 Å². The fraction of sp³-hybridized carbons (Fsp3) is 0.545. The first kappa shape index (κ1) is 13.0. The molecule has 2 rings (SSSR count). The van der Waals surface area contributed by atoms with Gasteiger partial charge in [0.2, 0.25) is 0 Å². The number of nitrogens with zero attached hydrogens (tertiary/aromatic N) is 1. The summed E-state index contributed by atoms with van der Waals surface area (Å²) in [5, 5.41) is 12.3. The lowest BCUT2D eigenvalue weighted by molar-refractivity contribution is 0.213. The largest absolute Gasteiger partial charge is 0.394 e. The van der Waals surface area contributed by atoms with E-state index in [0.717, 1.165) is 25.7 Å². The Morgan fingerprint density at radius 3 is 2.44 bits per heavy atom. The smallest absolute Gasteiger partial charge is 0.178 e. The summed E-state index contributed by atoms with van der Waals surface area (Å²) in [5.74, 6) is 3.11. The van der Waals surface area contributed by atoms with E-state index in [4.69, 9.17) is 5.84 Å². The molecule has 100 valence electrons. The third-order valence-corrected chi connectivity index (χ3v) is 3.31. The minimum absolute atomic E-state index is 0.0969. The van der Waals surface area contributed by atoms with Gasteiger partial charge in [-0.05, 0) is 12.8 Å². The Morgan fingerprint density at radius 2 is 1.89 bits per heavy atom. The average molecular weight is 258 g/mol. The van der Waals surface area contributed by atoms with Gasteiger partial charge in [-0.2, -0.15) is 0 Å². The lowest BCUT2D eigenvalue weighted by Crippen LogP contribution is -2.39. The van der Waals surface area contributed by atoms with E-state index in [1.807, 2.05) is 0 Å². The van der Waals surface area contributed by atoms with Crippen molar-refractivity contribution in [1.29, 1.82) is 0 Å². The average Bonchev–Trinajstić information content (AvgIpc) is 2.82. The zero-order chi connectivity index (χ0) is 13.2. The Kier molecular flexibility index (Phi) is 3.63. The minimum atomic E-state index is -0.856. The van der Waals surface area contributed by atoms with Crippen molar-refractivity contribution >= 4 is 11.6 Å². The summed E-state index contributed by atoms with van der Waals surface area (Å²) in [6.45, 7) is -0.114. The number of hydrazine groups is 1. The monoisotopic (exact) mass is 258 g/mol. The van der Waals surface area contributed by atoms with E-state index in [2.05, 4.69) is 15.7 Å². The number of pyridine rings is 1. The summed E-state index contributed by atoms with van der Waals surface area (Å²) >= 11 is 0. The van der Waals surface area contributed by atoms with Crippen LogP contribution in [0, 0.1) is 11.6 Å². The van der Waals surface area contributed by atoms with Gasteiger partial charge in [0.05, 0.1) is 12.1 Å². The molecule has 1 aromatic heterocycles. The van der Waals surface area contributed by atoms with Crippen LogP contribution in [-0.4, -0.2) is 22.2 Å². The zero-order valence-corrected chi connectivity index (χ0v) is 9.84. The second kappa shape index (κ2) is 5.03. The predicted octanol–water partition coefficient (Wildman–Crippen LogP) is 1.36. The van der Waals surface area contributed by atoms with Gasteiger partial charge >= 0.3 is 0 Å². The Hall–Kier alpha value is -1.47. The van der Waals surface area contributed by atoms with Crippen molar-refractivity contribution in [1.82, 2.24) is 4.98 Å². The van der Waals surface area contributed by atoms with Gasteiger partial charge in [-0.15, -0.1) is 0 Å². The number of anilines is 2. The van der Waals surface area contributed by atoms with Crippen molar-refractivity contribution in [2.75, 3.05) is 17.3 Å². The molecule has 1 fully saturated rings. The predicted molar refractivity (Wildman–Crippen MR) is 63.9 cm³/mol. The molecule has 18 heavy (non-hydrogen) atoms. The zero-order valence-electron chi connectivity index (χ0n) is 9.84. The van der Waals surface area contributed by atoms with Crippen LogP contribution in [0.15, 0.2) is 6.07 Å². The van der Waals surface area contributed by atoms with Crippen molar-refractivity contribution in [2.45, 2.75) is 31.2 Å². The molecule has 0 spiro atoms. The molecule has 1 aromatic rings. The van der Waals surface area contributed by atoms with Crippen LogP contribution in [0.4, 0.5) is 20.4 Å². The number of nitrogen functional groups attached to an aromatic ring is 1. The van der Waals surface area contributed by atoms with Gasteiger partial charge in [-0.25, -0.2) is 19.6 Å². The number of hydrogen-bond donors (Lipinski definition) is 4. The van der Waals surface area contributed by atoms with Crippen LogP contribution in [0.5, 0.6) is 0 Å². The van der Waals surface area contributed by atoms with Gasteiger partial charge in [-0.1, -0.05) is 12.8 Å². The number of halogens is 2. The third kappa shape index (κ3) is 2.37. The molecule has 5 nitrogen and oxygen atoms in total. The first-order valence-electron chi connectivity index (χ1n) is 5.82. The number of aliphatic hydroxyl groups is 1. The number of nitrogens with two attached hydrogens (primary N) is 1. The molecule has 1 aliphatic carbocycles. The van der Waals surface area contributed by atoms with Crippen LogP contribution in [0.3, 0.4) is 0 Å². The standard InChI is InChI=1S/C11H16F2N4O/c12-7-5-8(13)10(17-14)15-9(7)16-11(6-18)3-1-2-4-11/h5,18H,1-4,6,14H2,(H2,15,16,17). The number of aromatic nitrogens is 1. The molecule has 0 amide bonds. The highest BCUT2D eigenvalue weighted by Gasteiger charge is 2.34. The van der Waals surface area contributed by atoms with Gasteiger partial charge in [-0.3, -0.25) is 0 Å². The molecule has 0 bridgehead atoms. The van der Waals surface area contributed by atoms with Crippen molar-refractivity contribution in [2.24, 2.45) is 5.84 Å². The van der Waals surface area contributed by atoms with E-state index < -0.39 is 17.2 Å². The molecule has 0 aromatic carbocycles. The second-order valence-corrected chi connectivity index (χ2v) is 4.56. The summed E-state index contributed by atoms with van der Waals surface area (Å²) in [5.41, 5.74) is 1.49. The highest BCUT2D eigenvalue weighted by Crippen LogP contribution is 2.33. The topological polar surface area (TPSA) is 83.2 Å². The molecular weight excluding hydrogens is 242 g/mol. The van der Waals surface area contributed by atoms with E-state index in [9.17, 15) is 13.9 Å². The van der Waals surface area contributed by atoms with Gasteiger partial charge in [0.25, 0.3) is 0 Å². The van der Waals surface area contributed by atoms with Crippen LogP contribution in [0.2, 0.25) is 0 Å². The van der Waals surface area contributed by atoms with Gasteiger partial charge < -0.3 is 15.8 Å². The molecule has 7 heteroatoms. The van der Waals surface area contributed by atoms with Crippen molar-refractivity contribution in [3.8, 4) is 0 Å². The fourth-order valence-corrected chi connectivity index (χ4v) is 2.28. The Bertz CT molecular complexity index is 435. The Balaban J connectivity index is 2.27.